The summed E-state index contributed by atoms with van der Waals surface area (Å²) in [7, 11) is 3.06. The molecule has 0 unspecified atom stereocenters. The quantitative estimate of drug-likeness (QED) is 0.738. The Morgan fingerprint density at radius 2 is 1.79 bits per heavy atom. The first-order chi connectivity index (χ1) is 9.15. The minimum Gasteiger partial charge on any atom is -0.497 e. The molecule has 1 amide bonds. The number of hydrogen-bond acceptors (Lipinski definition) is 5. The highest BCUT2D eigenvalue weighted by Crippen LogP contribution is 2.16. The third kappa shape index (κ3) is 5.76. The lowest BCUT2D eigenvalue weighted by molar-refractivity contribution is -0.148. The fraction of sp³-hybridized carbons (Fsp3) is 0.385. The summed E-state index contributed by atoms with van der Waals surface area (Å²) in [4.78, 5) is 22.1. The molecular weight excluding hydrogens is 250 g/mol. The Kier molecular flexibility index (Phi) is 6.21. The summed E-state index contributed by atoms with van der Waals surface area (Å²) in [5.74, 6) is 0.554. The first-order valence-electron chi connectivity index (χ1n) is 5.78. The van der Waals surface area contributed by atoms with Gasteiger partial charge in [0.1, 0.15) is 11.5 Å². The van der Waals surface area contributed by atoms with Crippen molar-refractivity contribution in [1.29, 1.82) is 0 Å². The van der Waals surface area contributed by atoms with E-state index < -0.39 is 5.97 Å². The van der Waals surface area contributed by atoms with Gasteiger partial charge in [0.05, 0.1) is 20.1 Å². The van der Waals surface area contributed by atoms with E-state index in [0.29, 0.717) is 5.75 Å². The van der Waals surface area contributed by atoms with Crippen LogP contribution in [-0.4, -0.2) is 39.2 Å². The molecule has 0 saturated carbocycles. The molecule has 0 radical (unpaired) electrons. The maximum absolute atomic E-state index is 11.3. The molecule has 0 aliphatic heterocycles. The SMILES string of the molecule is CNC(=O)COC(=O)CCOc1ccc(OC)cc1. The van der Waals surface area contributed by atoms with Gasteiger partial charge in [-0.2, -0.15) is 0 Å². The predicted octanol–water partition coefficient (Wildman–Crippen LogP) is 0.753. The van der Waals surface area contributed by atoms with Gasteiger partial charge in [-0.25, -0.2) is 0 Å². The van der Waals surface area contributed by atoms with Gasteiger partial charge in [0.2, 0.25) is 0 Å². The Bertz CT molecular complexity index is 416. The van der Waals surface area contributed by atoms with Crippen molar-refractivity contribution in [3.63, 3.8) is 0 Å². The number of ether oxygens (including phenoxy) is 3. The minimum atomic E-state index is -0.475. The topological polar surface area (TPSA) is 73.9 Å². The van der Waals surface area contributed by atoms with Gasteiger partial charge in [0.25, 0.3) is 5.91 Å². The molecule has 104 valence electrons. The van der Waals surface area contributed by atoms with E-state index in [-0.39, 0.29) is 25.5 Å². The van der Waals surface area contributed by atoms with Crippen LogP contribution in [-0.2, 0) is 14.3 Å². The van der Waals surface area contributed by atoms with Crippen molar-refractivity contribution in [2.45, 2.75) is 6.42 Å². The van der Waals surface area contributed by atoms with Gasteiger partial charge >= 0.3 is 5.97 Å². The molecule has 0 fully saturated rings. The van der Waals surface area contributed by atoms with Crippen LogP contribution in [0, 0.1) is 0 Å². The first kappa shape index (κ1) is 14.8. The zero-order valence-electron chi connectivity index (χ0n) is 11.0. The lowest BCUT2D eigenvalue weighted by Crippen LogP contribution is -2.25. The Labute approximate surface area is 111 Å². The van der Waals surface area contributed by atoms with E-state index in [4.69, 9.17) is 14.2 Å². The summed E-state index contributed by atoms with van der Waals surface area (Å²) in [6.07, 6.45) is 0.0863. The van der Waals surface area contributed by atoms with Gasteiger partial charge in [0.15, 0.2) is 6.61 Å². The van der Waals surface area contributed by atoms with Crippen molar-refractivity contribution in [1.82, 2.24) is 5.32 Å². The van der Waals surface area contributed by atoms with Gasteiger partial charge in [0, 0.05) is 7.05 Å². The smallest absolute Gasteiger partial charge is 0.309 e. The Morgan fingerprint density at radius 1 is 1.16 bits per heavy atom. The van der Waals surface area contributed by atoms with Crippen LogP contribution >= 0.6 is 0 Å². The fourth-order valence-electron chi connectivity index (χ4n) is 1.21. The molecule has 1 aromatic rings. The normalized spacial score (nSPS) is 9.58. The number of methoxy groups -OCH3 is 1. The summed E-state index contributed by atoms with van der Waals surface area (Å²) in [6.45, 7) is -0.0726. The van der Waals surface area contributed by atoms with Gasteiger partial charge < -0.3 is 19.5 Å². The molecule has 0 aliphatic rings. The number of likely N-dealkylation sites (N-methyl/N-ethyl adjacent to an activating group) is 1. The summed E-state index contributed by atoms with van der Waals surface area (Å²) < 4.78 is 15.1. The van der Waals surface area contributed by atoms with E-state index >= 15 is 0 Å². The maximum atomic E-state index is 11.3. The molecule has 1 N–H and O–H groups in total. The number of carbonyl (C=O) groups excluding carboxylic acids is 2. The van der Waals surface area contributed by atoms with E-state index in [9.17, 15) is 9.59 Å². The first-order valence-corrected chi connectivity index (χ1v) is 5.78. The third-order valence-electron chi connectivity index (χ3n) is 2.28. The molecule has 19 heavy (non-hydrogen) atoms. The van der Waals surface area contributed by atoms with Crippen molar-refractivity contribution in [3.05, 3.63) is 24.3 Å². The second-order valence-corrected chi connectivity index (χ2v) is 3.61. The number of nitrogens with one attached hydrogen (secondary N) is 1. The fourth-order valence-corrected chi connectivity index (χ4v) is 1.21. The van der Waals surface area contributed by atoms with E-state index in [0.717, 1.165) is 5.75 Å². The van der Waals surface area contributed by atoms with Crippen LogP contribution in [0.5, 0.6) is 11.5 Å². The number of hydrogen-bond donors (Lipinski definition) is 1. The van der Waals surface area contributed by atoms with Gasteiger partial charge in [-0.3, -0.25) is 9.59 Å². The molecule has 0 bridgehead atoms. The molecule has 0 atom stereocenters. The molecular formula is C13H17NO5. The van der Waals surface area contributed by atoms with E-state index in [1.165, 1.54) is 7.05 Å². The van der Waals surface area contributed by atoms with Crippen molar-refractivity contribution in [2.24, 2.45) is 0 Å². The number of benzene rings is 1. The van der Waals surface area contributed by atoms with Crippen molar-refractivity contribution < 1.29 is 23.8 Å². The van der Waals surface area contributed by atoms with Crippen LogP contribution in [0.1, 0.15) is 6.42 Å². The number of amides is 1. The number of esters is 1. The van der Waals surface area contributed by atoms with E-state index in [1.54, 1.807) is 31.4 Å². The van der Waals surface area contributed by atoms with Gasteiger partial charge in [-0.15, -0.1) is 0 Å². The van der Waals surface area contributed by atoms with Crippen LogP contribution in [0.4, 0.5) is 0 Å². The summed E-state index contributed by atoms with van der Waals surface area (Å²) in [5, 5.41) is 2.35. The zero-order valence-corrected chi connectivity index (χ0v) is 11.0. The second-order valence-electron chi connectivity index (χ2n) is 3.61. The Hall–Kier alpha value is -2.24. The second kappa shape index (κ2) is 7.97. The molecule has 0 aromatic heterocycles. The van der Waals surface area contributed by atoms with Crippen molar-refractivity contribution in [2.75, 3.05) is 27.4 Å². The average molecular weight is 267 g/mol. The van der Waals surface area contributed by atoms with Gasteiger partial charge in [-0.05, 0) is 24.3 Å². The third-order valence-corrected chi connectivity index (χ3v) is 2.28. The Morgan fingerprint density at radius 3 is 2.37 bits per heavy atom. The van der Waals surface area contributed by atoms with E-state index in [2.05, 4.69) is 5.32 Å². The number of rotatable bonds is 7. The summed E-state index contributed by atoms with van der Waals surface area (Å²) >= 11 is 0. The van der Waals surface area contributed by atoms with Crippen LogP contribution in [0.2, 0.25) is 0 Å². The van der Waals surface area contributed by atoms with E-state index in [1.807, 2.05) is 0 Å². The number of carbonyl (C=O) groups is 2. The molecule has 0 saturated heterocycles. The largest absolute Gasteiger partial charge is 0.497 e. The molecule has 1 aromatic carbocycles. The zero-order chi connectivity index (χ0) is 14.1. The van der Waals surface area contributed by atoms with Crippen LogP contribution in [0.25, 0.3) is 0 Å². The minimum absolute atomic E-state index is 0.0863. The summed E-state index contributed by atoms with van der Waals surface area (Å²) in [6, 6.07) is 7.02. The molecule has 0 spiro atoms. The highest BCUT2D eigenvalue weighted by atomic mass is 16.5. The maximum Gasteiger partial charge on any atom is 0.309 e. The molecule has 0 aliphatic carbocycles. The van der Waals surface area contributed by atoms with Crippen LogP contribution in [0.3, 0.4) is 0 Å². The highest BCUT2D eigenvalue weighted by molar-refractivity contribution is 5.80. The van der Waals surface area contributed by atoms with Crippen molar-refractivity contribution >= 4 is 11.9 Å². The average Bonchev–Trinajstić information content (AvgIpc) is 2.45. The predicted molar refractivity (Wildman–Crippen MR) is 68.1 cm³/mol. The monoisotopic (exact) mass is 267 g/mol. The molecule has 1 rings (SSSR count). The Balaban J connectivity index is 2.22. The standard InChI is InChI=1S/C13H17NO5/c1-14-12(15)9-19-13(16)7-8-18-11-5-3-10(17-2)4-6-11/h3-6H,7-9H2,1-2H3,(H,14,15). The van der Waals surface area contributed by atoms with Crippen molar-refractivity contribution in [3.8, 4) is 11.5 Å². The molecule has 6 nitrogen and oxygen atoms in total. The van der Waals surface area contributed by atoms with Crippen LogP contribution < -0.4 is 14.8 Å². The molecule has 6 heteroatoms. The lowest BCUT2D eigenvalue weighted by Gasteiger charge is -2.07. The van der Waals surface area contributed by atoms with Gasteiger partial charge in [-0.1, -0.05) is 0 Å². The lowest BCUT2D eigenvalue weighted by atomic mass is 10.3. The molecule has 0 heterocycles. The van der Waals surface area contributed by atoms with Crippen LogP contribution in [0.15, 0.2) is 24.3 Å². The highest BCUT2D eigenvalue weighted by Gasteiger charge is 2.06. The summed E-state index contributed by atoms with van der Waals surface area (Å²) in [5.41, 5.74) is 0.